The molecule has 0 atom stereocenters. The molecule has 0 aromatic carbocycles. The van der Waals surface area contributed by atoms with Crippen LogP contribution in [0.4, 0.5) is 0 Å². The molecule has 1 aromatic heterocycles. The topological polar surface area (TPSA) is 123 Å². The standard InChI is InChI=1S/C11H20N6O3S/c12-3-7-16-9-10(14-15-16)11(18)13-4-8-21(19,20)17-5-1-2-6-17/h9H,1-8,12H2,(H,13,18). The van der Waals surface area contributed by atoms with Crippen molar-refractivity contribution in [2.45, 2.75) is 19.4 Å². The van der Waals surface area contributed by atoms with Gasteiger partial charge >= 0.3 is 0 Å². The van der Waals surface area contributed by atoms with Gasteiger partial charge in [0.05, 0.1) is 18.5 Å². The second-order valence-electron chi connectivity index (χ2n) is 4.83. The molecule has 1 saturated heterocycles. The lowest BCUT2D eigenvalue weighted by Gasteiger charge is -2.15. The fourth-order valence-electron chi connectivity index (χ4n) is 2.12. The predicted molar refractivity (Wildman–Crippen MR) is 76.0 cm³/mol. The Kier molecular flexibility index (Phi) is 5.26. The highest BCUT2D eigenvalue weighted by Gasteiger charge is 2.25. The van der Waals surface area contributed by atoms with Gasteiger partial charge in [-0.05, 0) is 12.8 Å². The van der Waals surface area contributed by atoms with Crippen molar-refractivity contribution in [1.29, 1.82) is 0 Å². The fraction of sp³-hybridized carbons (Fsp3) is 0.727. The zero-order valence-corrected chi connectivity index (χ0v) is 12.5. The Morgan fingerprint density at radius 3 is 2.76 bits per heavy atom. The molecule has 10 heteroatoms. The molecule has 9 nitrogen and oxygen atoms in total. The summed E-state index contributed by atoms with van der Waals surface area (Å²) >= 11 is 0. The van der Waals surface area contributed by atoms with Crippen LogP contribution >= 0.6 is 0 Å². The van der Waals surface area contributed by atoms with Gasteiger partial charge in [0, 0.05) is 26.2 Å². The molecule has 0 spiro atoms. The molecule has 3 N–H and O–H groups in total. The fourth-order valence-corrected chi connectivity index (χ4v) is 3.56. The third-order valence-corrected chi connectivity index (χ3v) is 5.11. The van der Waals surface area contributed by atoms with Gasteiger partial charge in [-0.3, -0.25) is 9.48 Å². The summed E-state index contributed by atoms with van der Waals surface area (Å²) < 4.78 is 26.9. The van der Waals surface area contributed by atoms with E-state index in [9.17, 15) is 13.2 Å². The maximum absolute atomic E-state index is 12.0. The van der Waals surface area contributed by atoms with E-state index in [-0.39, 0.29) is 18.0 Å². The molecular weight excluding hydrogens is 296 g/mol. The molecule has 0 aliphatic carbocycles. The zero-order valence-electron chi connectivity index (χ0n) is 11.7. The molecular formula is C11H20N6O3S. The van der Waals surface area contributed by atoms with Crippen molar-refractivity contribution in [3.8, 4) is 0 Å². The van der Waals surface area contributed by atoms with Crippen LogP contribution in [-0.4, -0.2) is 65.6 Å². The Balaban J connectivity index is 1.80. The molecule has 1 aromatic rings. The normalized spacial score (nSPS) is 16.2. The van der Waals surface area contributed by atoms with Gasteiger partial charge in [0.25, 0.3) is 5.91 Å². The van der Waals surface area contributed by atoms with Crippen LogP contribution in [0.25, 0.3) is 0 Å². The average molecular weight is 316 g/mol. The molecule has 0 unspecified atom stereocenters. The summed E-state index contributed by atoms with van der Waals surface area (Å²) in [6, 6.07) is 0. The molecule has 1 aliphatic rings. The first-order valence-electron chi connectivity index (χ1n) is 6.89. The minimum Gasteiger partial charge on any atom is -0.350 e. The number of hydrogen-bond donors (Lipinski definition) is 2. The van der Waals surface area contributed by atoms with E-state index in [1.54, 1.807) is 0 Å². The molecule has 2 rings (SSSR count). The van der Waals surface area contributed by atoms with E-state index in [0.29, 0.717) is 26.2 Å². The Bertz CT molecular complexity index is 579. The van der Waals surface area contributed by atoms with Crippen molar-refractivity contribution in [2.75, 3.05) is 31.9 Å². The number of carbonyl (C=O) groups is 1. The second kappa shape index (κ2) is 6.96. The summed E-state index contributed by atoms with van der Waals surface area (Å²) in [6.45, 7) is 2.08. The van der Waals surface area contributed by atoms with Crippen LogP contribution < -0.4 is 11.1 Å². The van der Waals surface area contributed by atoms with E-state index in [1.807, 2.05) is 0 Å². The first-order valence-corrected chi connectivity index (χ1v) is 8.50. The Morgan fingerprint density at radius 2 is 2.10 bits per heavy atom. The third-order valence-electron chi connectivity index (χ3n) is 3.23. The van der Waals surface area contributed by atoms with Gasteiger partial charge < -0.3 is 11.1 Å². The van der Waals surface area contributed by atoms with Crippen molar-refractivity contribution < 1.29 is 13.2 Å². The number of nitrogens with zero attached hydrogens (tertiary/aromatic N) is 4. The first kappa shape index (κ1) is 15.9. The quantitative estimate of drug-likeness (QED) is 0.624. The van der Waals surface area contributed by atoms with Gasteiger partial charge in [-0.15, -0.1) is 5.10 Å². The number of rotatable bonds is 7. The van der Waals surface area contributed by atoms with E-state index in [0.717, 1.165) is 12.8 Å². The van der Waals surface area contributed by atoms with Crippen molar-refractivity contribution in [3.63, 3.8) is 0 Å². The summed E-state index contributed by atoms with van der Waals surface area (Å²) in [6.07, 6.45) is 3.28. The summed E-state index contributed by atoms with van der Waals surface area (Å²) in [7, 11) is -3.28. The molecule has 118 valence electrons. The van der Waals surface area contributed by atoms with Crippen LogP contribution in [0.15, 0.2) is 6.20 Å². The Hall–Kier alpha value is -1.52. The van der Waals surface area contributed by atoms with E-state index < -0.39 is 15.9 Å². The van der Waals surface area contributed by atoms with Gasteiger partial charge in [-0.2, -0.15) is 0 Å². The van der Waals surface area contributed by atoms with Crippen molar-refractivity contribution in [2.24, 2.45) is 5.73 Å². The second-order valence-corrected chi connectivity index (χ2v) is 6.92. The van der Waals surface area contributed by atoms with Crippen molar-refractivity contribution in [1.82, 2.24) is 24.6 Å². The zero-order chi connectivity index (χ0) is 15.3. The van der Waals surface area contributed by atoms with Crippen LogP contribution in [0, 0.1) is 0 Å². The highest BCUT2D eigenvalue weighted by Crippen LogP contribution is 2.12. The number of amides is 1. The Morgan fingerprint density at radius 1 is 1.38 bits per heavy atom. The highest BCUT2D eigenvalue weighted by atomic mass is 32.2. The van der Waals surface area contributed by atoms with Gasteiger partial charge in [0.15, 0.2) is 5.69 Å². The molecule has 2 heterocycles. The molecule has 0 bridgehead atoms. The van der Waals surface area contributed by atoms with Gasteiger partial charge in [-0.1, -0.05) is 5.21 Å². The number of sulfonamides is 1. The van der Waals surface area contributed by atoms with Gasteiger partial charge in [0.2, 0.25) is 10.0 Å². The number of carbonyl (C=O) groups excluding carboxylic acids is 1. The third kappa shape index (κ3) is 4.22. The van der Waals surface area contributed by atoms with E-state index in [2.05, 4.69) is 15.6 Å². The molecule has 21 heavy (non-hydrogen) atoms. The smallest absolute Gasteiger partial charge is 0.273 e. The SMILES string of the molecule is NCCn1cc(C(=O)NCCS(=O)(=O)N2CCCC2)nn1. The summed E-state index contributed by atoms with van der Waals surface area (Å²) in [5.41, 5.74) is 5.53. The molecule has 0 saturated carbocycles. The number of hydrogen-bond acceptors (Lipinski definition) is 6. The number of aromatic nitrogens is 3. The summed E-state index contributed by atoms with van der Waals surface area (Å²) in [4.78, 5) is 11.8. The molecule has 1 amide bonds. The predicted octanol–water partition coefficient (Wildman–Crippen LogP) is -1.61. The summed E-state index contributed by atoms with van der Waals surface area (Å²) in [5, 5.41) is 10.0. The number of nitrogens with two attached hydrogens (primary N) is 1. The summed E-state index contributed by atoms with van der Waals surface area (Å²) in [5.74, 6) is -0.537. The lowest BCUT2D eigenvalue weighted by Crippen LogP contribution is -2.36. The maximum Gasteiger partial charge on any atom is 0.273 e. The molecule has 1 aliphatic heterocycles. The van der Waals surface area contributed by atoms with Crippen LogP contribution in [0.3, 0.4) is 0 Å². The van der Waals surface area contributed by atoms with Crippen LogP contribution in [0.1, 0.15) is 23.3 Å². The largest absolute Gasteiger partial charge is 0.350 e. The highest BCUT2D eigenvalue weighted by molar-refractivity contribution is 7.89. The van der Waals surface area contributed by atoms with Gasteiger partial charge in [0.1, 0.15) is 0 Å². The van der Waals surface area contributed by atoms with E-state index in [1.165, 1.54) is 15.2 Å². The lowest BCUT2D eigenvalue weighted by molar-refractivity contribution is 0.0951. The average Bonchev–Trinajstić information content (AvgIpc) is 3.10. The van der Waals surface area contributed by atoms with Gasteiger partial charge in [-0.25, -0.2) is 12.7 Å². The minimum absolute atomic E-state index is 0.0570. The Labute approximate surface area is 123 Å². The first-order chi connectivity index (χ1) is 10.0. The van der Waals surface area contributed by atoms with E-state index in [4.69, 9.17) is 5.73 Å². The van der Waals surface area contributed by atoms with Crippen LogP contribution in [0.2, 0.25) is 0 Å². The van der Waals surface area contributed by atoms with Crippen LogP contribution in [0.5, 0.6) is 0 Å². The van der Waals surface area contributed by atoms with E-state index >= 15 is 0 Å². The minimum atomic E-state index is -3.28. The van der Waals surface area contributed by atoms with Crippen molar-refractivity contribution >= 4 is 15.9 Å². The maximum atomic E-state index is 12.0. The molecule has 1 fully saturated rings. The molecule has 0 radical (unpaired) electrons. The van der Waals surface area contributed by atoms with Crippen molar-refractivity contribution in [3.05, 3.63) is 11.9 Å². The van der Waals surface area contributed by atoms with Crippen LogP contribution in [-0.2, 0) is 16.6 Å². The lowest BCUT2D eigenvalue weighted by atomic mass is 10.4. The number of nitrogens with one attached hydrogen (secondary N) is 1. The monoisotopic (exact) mass is 316 g/mol.